The van der Waals surface area contributed by atoms with Gasteiger partial charge in [0, 0.05) is 31.7 Å². The summed E-state index contributed by atoms with van der Waals surface area (Å²) < 4.78 is 43.0. The van der Waals surface area contributed by atoms with E-state index in [1.807, 2.05) is 12.1 Å². The minimum Gasteiger partial charge on any atom is -0.312 e. The van der Waals surface area contributed by atoms with Gasteiger partial charge in [-0.3, -0.25) is 0 Å². The highest BCUT2D eigenvalue weighted by molar-refractivity contribution is 7.89. The van der Waals surface area contributed by atoms with Crippen LogP contribution in [-0.4, -0.2) is 40.3 Å². The molecule has 3 aromatic rings. The van der Waals surface area contributed by atoms with E-state index in [-0.39, 0.29) is 10.8 Å². The first-order valence-electron chi connectivity index (χ1n) is 10.1. The fourth-order valence-electron chi connectivity index (χ4n) is 4.22. The normalized spacial score (nSPS) is 20.9. The van der Waals surface area contributed by atoms with Crippen LogP contribution < -0.4 is 0 Å². The second-order valence-electron chi connectivity index (χ2n) is 8.03. The number of aromatic nitrogens is 3. The Balaban J connectivity index is 1.40. The molecule has 5 rings (SSSR count). The Morgan fingerprint density at radius 3 is 2.66 bits per heavy atom. The maximum absolute atomic E-state index is 13.2. The van der Waals surface area contributed by atoms with Crippen LogP contribution in [0.4, 0.5) is 4.39 Å². The number of rotatable bonds is 5. The molecule has 3 heterocycles. The summed E-state index contributed by atoms with van der Waals surface area (Å²) in [6.07, 6.45) is 5.86. The Kier molecular flexibility index (Phi) is 4.63. The lowest BCUT2D eigenvalue weighted by Crippen LogP contribution is -2.41. The van der Waals surface area contributed by atoms with Gasteiger partial charge in [0.1, 0.15) is 17.2 Å². The molecule has 1 unspecified atom stereocenters. The number of nitrogens with zero attached hydrogens (tertiary/aromatic N) is 4. The number of piperidine rings is 1. The number of fused-ring (bicyclic) bond motifs is 1. The van der Waals surface area contributed by atoms with E-state index in [9.17, 15) is 12.8 Å². The molecule has 2 fully saturated rings. The molecule has 29 heavy (non-hydrogen) atoms. The van der Waals surface area contributed by atoms with Crippen LogP contribution in [0.3, 0.4) is 0 Å². The van der Waals surface area contributed by atoms with Crippen molar-refractivity contribution >= 4 is 21.2 Å². The summed E-state index contributed by atoms with van der Waals surface area (Å²) in [5.41, 5.74) is 1.79. The maximum Gasteiger partial charge on any atom is 0.243 e. The first-order valence-corrected chi connectivity index (χ1v) is 11.5. The van der Waals surface area contributed by atoms with E-state index in [1.54, 1.807) is 6.20 Å². The molecule has 0 amide bonds. The van der Waals surface area contributed by atoms with Gasteiger partial charge in [-0.05, 0) is 68.0 Å². The Labute approximate surface area is 169 Å². The average Bonchev–Trinajstić information content (AvgIpc) is 3.51. The number of imidazole rings is 1. The third-order valence-electron chi connectivity index (χ3n) is 5.85. The lowest BCUT2D eigenvalue weighted by molar-refractivity contribution is 0.245. The number of hydrogen-bond acceptors (Lipinski definition) is 4. The van der Waals surface area contributed by atoms with Crippen molar-refractivity contribution in [3.05, 3.63) is 54.2 Å². The van der Waals surface area contributed by atoms with Crippen LogP contribution in [0.1, 0.15) is 37.4 Å². The molecule has 0 bridgehead atoms. The molecule has 1 saturated carbocycles. The van der Waals surface area contributed by atoms with Gasteiger partial charge >= 0.3 is 0 Å². The van der Waals surface area contributed by atoms with Gasteiger partial charge in [-0.25, -0.2) is 22.8 Å². The summed E-state index contributed by atoms with van der Waals surface area (Å²) in [5, 5.41) is 0. The molecular weight excluding hydrogens is 391 g/mol. The van der Waals surface area contributed by atoms with E-state index in [1.165, 1.54) is 28.6 Å². The Morgan fingerprint density at radius 2 is 1.90 bits per heavy atom. The highest BCUT2D eigenvalue weighted by atomic mass is 32.2. The summed E-state index contributed by atoms with van der Waals surface area (Å²) in [6, 6.07) is 8.95. The third-order valence-corrected chi connectivity index (χ3v) is 7.73. The van der Waals surface area contributed by atoms with Crippen molar-refractivity contribution in [1.29, 1.82) is 0 Å². The SMILES string of the molecule is O=S(=O)(c1ccc(F)cc1)N1CCCC(Cn2c(C3CC3)nc3cccnc32)C1. The molecule has 1 atom stereocenters. The van der Waals surface area contributed by atoms with Crippen LogP contribution in [0.5, 0.6) is 0 Å². The second kappa shape index (κ2) is 7.18. The van der Waals surface area contributed by atoms with Gasteiger partial charge in [-0.1, -0.05) is 0 Å². The monoisotopic (exact) mass is 414 g/mol. The second-order valence-corrected chi connectivity index (χ2v) is 9.96. The minimum absolute atomic E-state index is 0.146. The molecule has 2 aliphatic rings. The predicted octanol–water partition coefficient (Wildman–Crippen LogP) is 3.55. The highest BCUT2D eigenvalue weighted by Crippen LogP contribution is 2.41. The highest BCUT2D eigenvalue weighted by Gasteiger charge is 2.33. The predicted molar refractivity (Wildman–Crippen MR) is 107 cm³/mol. The molecule has 1 saturated heterocycles. The largest absolute Gasteiger partial charge is 0.312 e. The van der Waals surface area contributed by atoms with Crippen molar-refractivity contribution in [2.45, 2.75) is 43.0 Å². The van der Waals surface area contributed by atoms with Gasteiger partial charge < -0.3 is 4.57 Å². The zero-order chi connectivity index (χ0) is 20.0. The standard InChI is InChI=1S/C21H23FN4O2S/c22-17-7-9-18(10-8-17)29(27,28)25-12-2-3-15(13-25)14-26-20(16-5-6-16)24-19-4-1-11-23-21(19)26/h1,4,7-11,15-16H,2-3,5-6,12-14H2. The Bertz CT molecular complexity index is 1140. The van der Waals surface area contributed by atoms with Gasteiger partial charge in [-0.15, -0.1) is 0 Å². The molecule has 0 N–H and O–H groups in total. The van der Waals surface area contributed by atoms with Crippen molar-refractivity contribution in [2.75, 3.05) is 13.1 Å². The number of halogens is 1. The average molecular weight is 415 g/mol. The summed E-state index contributed by atoms with van der Waals surface area (Å²) in [6.45, 7) is 1.67. The van der Waals surface area contributed by atoms with Gasteiger partial charge in [-0.2, -0.15) is 4.31 Å². The molecule has 6 nitrogen and oxygen atoms in total. The van der Waals surface area contributed by atoms with Crippen LogP contribution in [0.25, 0.3) is 11.2 Å². The molecule has 2 aromatic heterocycles. The Hall–Kier alpha value is -2.32. The van der Waals surface area contributed by atoms with Gasteiger partial charge in [0.05, 0.1) is 4.90 Å². The fourth-order valence-corrected chi connectivity index (χ4v) is 5.77. The van der Waals surface area contributed by atoms with E-state index in [4.69, 9.17) is 4.98 Å². The number of benzene rings is 1. The van der Waals surface area contributed by atoms with Crippen LogP contribution in [0, 0.1) is 11.7 Å². The minimum atomic E-state index is -3.62. The molecule has 0 spiro atoms. The smallest absolute Gasteiger partial charge is 0.243 e. The van der Waals surface area contributed by atoms with Crippen molar-refractivity contribution in [3.63, 3.8) is 0 Å². The molecule has 1 aromatic carbocycles. The Morgan fingerprint density at radius 1 is 1.10 bits per heavy atom. The van der Waals surface area contributed by atoms with E-state index >= 15 is 0 Å². The topological polar surface area (TPSA) is 68.1 Å². The van der Waals surface area contributed by atoms with E-state index in [2.05, 4.69) is 9.55 Å². The first kappa shape index (κ1) is 18.7. The molecule has 152 valence electrons. The molecule has 1 aliphatic carbocycles. The number of hydrogen-bond donors (Lipinski definition) is 0. The molecule has 8 heteroatoms. The summed E-state index contributed by atoms with van der Waals surface area (Å²) in [4.78, 5) is 9.48. The molecule has 0 radical (unpaired) electrons. The van der Waals surface area contributed by atoms with Gasteiger partial charge in [0.15, 0.2) is 5.65 Å². The zero-order valence-electron chi connectivity index (χ0n) is 16.0. The van der Waals surface area contributed by atoms with E-state index < -0.39 is 15.8 Å². The number of sulfonamides is 1. The first-order chi connectivity index (χ1) is 14.0. The lowest BCUT2D eigenvalue weighted by atomic mass is 9.99. The van der Waals surface area contributed by atoms with Crippen molar-refractivity contribution in [1.82, 2.24) is 18.8 Å². The van der Waals surface area contributed by atoms with Crippen LogP contribution in [-0.2, 0) is 16.6 Å². The van der Waals surface area contributed by atoms with Crippen molar-refractivity contribution < 1.29 is 12.8 Å². The van der Waals surface area contributed by atoms with Gasteiger partial charge in [0.25, 0.3) is 0 Å². The van der Waals surface area contributed by atoms with E-state index in [0.29, 0.717) is 19.0 Å². The summed E-state index contributed by atoms with van der Waals surface area (Å²) in [5.74, 6) is 1.33. The maximum atomic E-state index is 13.2. The molecular formula is C21H23FN4O2S. The van der Waals surface area contributed by atoms with Gasteiger partial charge in [0.2, 0.25) is 10.0 Å². The fraction of sp³-hybridized carbons (Fsp3) is 0.429. The summed E-state index contributed by atoms with van der Waals surface area (Å²) in [7, 11) is -3.62. The summed E-state index contributed by atoms with van der Waals surface area (Å²) >= 11 is 0. The quantitative estimate of drug-likeness (QED) is 0.640. The van der Waals surface area contributed by atoms with Crippen LogP contribution >= 0.6 is 0 Å². The third kappa shape index (κ3) is 3.55. The van der Waals surface area contributed by atoms with Crippen LogP contribution in [0.2, 0.25) is 0 Å². The number of pyridine rings is 1. The molecule has 1 aliphatic heterocycles. The zero-order valence-corrected chi connectivity index (χ0v) is 16.9. The van der Waals surface area contributed by atoms with E-state index in [0.717, 1.165) is 49.2 Å². The lowest BCUT2D eigenvalue weighted by Gasteiger charge is -2.32. The van der Waals surface area contributed by atoms with Crippen molar-refractivity contribution in [2.24, 2.45) is 5.92 Å². The van der Waals surface area contributed by atoms with Crippen molar-refractivity contribution in [3.8, 4) is 0 Å². The van der Waals surface area contributed by atoms with Crippen LogP contribution in [0.15, 0.2) is 47.5 Å².